The number of aromatic nitrogens is 2. The molecule has 9 heteroatoms. The third kappa shape index (κ3) is 4.60. The lowest BCUT2D eigenvalue weighted by atomic mass is 10.1. The van der Waals surface area contributed by atoms with Crippen molar-refractivity contribution in [3.05, 3.63) is 80.9 Å². The molecular weight excluding hydrogens is 433 g/mol. The maximum Gasteiger partial charge on any atom is 0.321 e. The van der Waals surface area contributed by atoms with Crippen molar-refractivity contribution in [3.63, 3.8) is 0 Å². The zero-order valence-electron chi connectivity index (χ0n) is 17.8. The number of nitrogens with one attached hydrogen (secondary N) is 1. The summed E-state index contributed by atoms with van der Waals surface area (Å²) in [5, 5.41) is 7.25. The highest BCUT2D eigenvalue weighted by molar-refractivity contribution is 6.31. The van der Waals surface area contributed by atoms with E-state index in [0.29, 0.717) is 37.7 Å². The van der Waals surface area contributed by atoms with Crippen molar-refractivity contribution in [3.8, 4) is 5.69 Å². The van der Waals surface area contributed by atoms with Gasteiger partial charge in [-0.15, -0.1) is 5.10 Å². The van der Waals surface area contributed by atoms with Crippen LogP contribution in [0.3, 0.4) is 0 Å². The molecule has 0 bridgehead atoms. The van der Waals surface area contributed by atoms with E-state index in [0.717, 1.165) is 16.8 Å². The topological polar surface area (TPSA) is 70.5 Å². The second-order valence-electron chi connectivity index (χ2n) is 7.74. The van der Waals surface area contributed by atoms with Crippen molar-refractivity contribution in [1.29, 1.82) is 0 Å². The fraction of sp³-hybridized carbons (Fsp3) is 0.261. The van der Waals surface area contributed by atoms with E-state index in [4.69, 9.17) is 11.6 Å². The van der Waals surface area contributed by atoms with E-state index < -0.39 is 5.82 Å². The van der Waals surface area contributed by atoms with E-state index in [1.54, 1.807) is 11.0 Å². The molecule has 1 aromatic heterocycles. The fourth-order valence-electron chi connectivity index (χ4n) is 3.53. The largest absolute Gasteiger partial charge is 0.352 e. The Morgan fingerprint density at radius 3 is 2.44 bits per heavy atom. The smallest absolute Gasteiger partial charge is 0.321 e. The SMILES string of the molecule is Cc1ccc(-n2nc(N3CCN(C(=O)Nc4ccc(F)c(Cl)c4)CC3)ccc2=O)cc1C. The Kier molecular flexibility index (Phi) is 6.14. The first-order valence-corrected chi connectivity index (χ1v) is 10.6. The molecule has 0 aliphatic carbocycles. The second kappa shape index (κ2) is 9.00. The van der Waals surface area contributed by atoms with Crippen LogP contribution in [0.2, 0.25) is 5.02 Å². The molecule has 1 aliphatic rings. The lowest BCUT2D eigenvalue weighted by Gasteiger charge is -2.35. The summed E-state index contributed by atoms with van der Waals surface area (Å²) in [6, 6.07) is 12.8. The van der Waals surface area contributed by atoms with E-state index >= 15 is 0 Å². The van der Waals surface area contributed by atoms with Crippen molar-refractivity contribution in [2.45, 2.75) is 13.8 Å². The Hall–Kier alpha value is -3.39. The van der Waals surface area contributed by atoms with E-state index in [-0.39, 0.29) is 16.6 Å². The minimum absolute atomic E-state index is 0.0439. The molecule has 0 spiro atoms. The van der Waals surface area contributed by atoms with Crippen molar-refractivity contribution >= 4 is 29.1 Å². The molecule has 2 amide bonds. The van der Waals surface area contributed by atoms with Gasteiger partial charge < -0.3 is 15.1 Å². The van der Waals surface area contributed by atoms with Crippen LogP contribution in [0.1, 0.15) is 11.1 Å². The van der Waals surface area contributed by atoms with Gasteiger partial charge in [0.1, 0.15) is 11.6 Å². The molecule has 32 heavy (non-hydrogen) atoms. The molecule has 4 rings (SSSR count). The summed E-state index contributed by atoms with van der Waals surface area (Å²) >= 11 is 5.78. The Bertz CT molecular complexity index is 1220. The highest BCUT2D eigenvalue weighted by Gasteiger charge is 2.23. The van der Waals surface area contributed by atoms with Crippen LogP contribution in [0.15, 0.2) is 53.3 Å². The number of halogens is 2. The number of amides is 2. The van der Waals surface area contributed by atoms with Crippen molar-refractivity contribution < 1.29 is 9.18 Å². The van der Waals surface area contributed by atoms with E-state index in [2.05, 4.69) is 10.4 Å². The Morgan fingerprint density at radius 2 is 1.75 bits per heavy atom. The molecule has 7 nitrogen and oxygen atoms in total. The molecule has 2 aromatic carbocycles. The third-order valence-corrected chi connectivity index (χ3v) is 5.87. The number of anilines is 2. The van der Waals surface area contributed by atoms with Gasteiger partial charge in [-0.3, -0.25) is 4.79 Å². The number of carbonyl (C=O) groups is 1. The molecule has 3 aromatic rings. The molecule has 0 atom stereocenters. The van der Waals surface area contributed by atoms with Crippen molar-refractivity contribution in [2.75, 3.05) is 36.4 Å². The minimum atomic E-state index is -0.534. The average Bonchev–Trinajstić information content (AvgIpc) is 2.79. The maximum atomic E-state index is 13.3. The van der Waals surface area contributed by atoms with Gasteiger partial charge in [-0.25, -0.2) is 9.18 Å². The molecule has 0 saturated carbocycles. The lowest BCUT2D eigenvalue weighted by molar-refractivity contribution is 0.208. The standard InChI is InChI=1S/C23H23ClFN5O2/c1-15-3-5-18(13-16(15)2)30-22(31)8-7-21(27-30)28-9-11-29(12-10-28)23(32)26-17-4-6-20(25)19(24)14-17/h3-8,13-14H,9-12H2,1-2H3,(H,26,32). The first-order valence-electron chi connectivity index (χ1n) is 10.3. The molecular formula is C23H23ClFN5O2. The second-order valence-corrected chi connectivity index (χ2v) is 8.15. The summed E-state index contributed by atoms with van der Waals surface area (Å²) in [4.78, 5) is 28.7. The molecule has 0 unspecified atom stereocenters. The summed E-state index contributed by atoms with van der Waals surface area (Å²) in [7, 11) is 0. The maximum absolute atomic E-state index is 13.3. The molecule has 1 fully saturated rings. The Morgan fingerprint density at radius 1 is 1.00 bits per heavy atom. The van der Waals surface area contributed by atoms with Gasteiger partial charge in [0.15, 0.2) is 0 Å². The van der Waals surface area contributed by atoms with Gasteiger partial charge in [0.25, 0.3) is 5.56 Å². The number of rotatable bonds is 3. The minimum Gasteiger partial charge on any atom is -0.352 e. The molecule has 1 N–H and O–H groups in total. The van der Waals surface area contributed by atoms with Crippen LogP contribution in [-0.4, -0.2) is 46.9 Å². The third-order valence-electron chi connectivity index (χ3n) is 5.58. The number of hydrogen-bond donors (Lipinski definition) is 1. The highest BCUT2D eigenvalue weighted by atomic mass is 35.5. The quantitative estimate of drug-likeness (QED) is 0.648. The van der Waals surface area contributed by atoms with Gasteiger partial charge in [-0.1, -0.05) is 17.7 Å². The zero-order valence-corrected chi connectivity index (χ0v) is 18.6. The van der Waals surface area contributed by atoms with Gasteiger partial charge in [0, 0.05) is 37.9 Å². The Labute approximate surface area is 190 Å². The number of benzene rings is 2. The summed E-state index contributed by atoms with van der Waals surface area (Å²) in [5.74, 6) is 0.140. The number of nitrogens with zero attached hydrogens (tertiary/aromatic N) is 4. The van der Waals surface area contributed by atoms with Crippen LogP contribution >= 0.6 is 11.6 Å². The van der Waals surface area contributed by atoms with Crippen molar-refractivity contribution in [1.82, 2.24) is 14.7 Å². The monoisotopic (exact) mass is 455 g/mol. The summed E-state index contributed by atoms with van der Waals surface area (Å²) in [5.41, 5.74) is 3.19. The zero-order chi connectivity index (χ0) is 22.8. The van der Waals surface area contributed by atoms with E-state index in [1.165, 1.54) is 28.9 Å². The van der Waals surface area contributed by atoms with Gasteiger partial charge in [-0.05, 0) is 61.4 Å². The highest BCUT2D eigenvalue weighted by Crippen LogP contribution is 2.20. The predicted octanol–water partition coefficient (Wildman–Crippen LogP) is 4.00. The van der Waals surface area contributed by atoms with Gasteiger partial charge >= 0.3 is 6.03 Å². The molecule has 1 saturated heterocycles. The number of aryl methyl sites for hydroxylation is 2. The van der Waals surface area contributed by atoms with Gasteiger partial charge in [0.2, 0.25) is 0 Å². The summed E-state index contributed by atoms with van der Waals surface area (Å²) < 4.78 is 14.7. The van der Waals surface area contributed by atoms with Gasteiger partial charge in [-0.2, -0.15) is 4.68 Å². The van der Waals surface area contributed by atoms with Crippen molar-refractivity contribution in [2.24, 2.45) is 0 Å². The molecule has 2 heterocycles. The van der Waals surface area contributed by atoms with Crippen LogP contribution < -0.4 is 15.8 Å². The van der Waals surface area contributed by atoms with Crippen LogP contribution in [0.5, 0.6) is 0 Å². The van der Waals surface area contributed by atoms with Crippen LogP contribution in [-0.2, 0) is 0 Å². The summed E-state index contributed by atoms with van der Waals surface area (Å²) in [6.07, 6.45) is 0. The number of piperazine rings is 1. The Balaban J connectivity index is 1.43. The lowest BCUT2D eigenvalue weighted by Crippen LogP contribution is -2.50. The fourth-order valence-corrected chi connectivity index (χ4v) is 3.71. The first kappa shape index (κ1) is 21.8. The number of urea groups is 1. The molecule has 0 radical (unpaired) electrons. The van der Waals surface area contributed by atoms with Crippen LogP contribution in [0, 0.1) is 19.7 Å². The van der Waals surface area contributed by atoms with Crippen LogP contribution in [0.4, 0.5) is 20.7 Å². The predicted molar refractivity (Wildman–Crippen MR) is 124 cm³/mol. The summed E-state index contributed by atoms with van der Waals surface area (Å²) in [6.45, 7) is 6.10. The first-order chi connectivity index (χ1) is 15.3. The van der Waals surface area contributed by atoms with E-state index in [1.807, 2.05) is 36.9 Å². The van der Waals surface area contributed by atoms with Crippen LogP contribution in [0.25, 0.3) is 5.69 Å². The van der Waals surface area contributed by atoms with Gasteiger partial charge in [0.05, 0.1) is 10.7 Å². The average molecular weight is 456 g/mol. The number of hydrogen-bond acceptors (Lipinski definition) is 4. The van der Waals surface area contributed by atoms with E-state index in [9.17, 15) is 14.0 Å². The number of carbonyl (C=O) groups excluding carboxylic acids is 1. The molecule has 1 aliphatic heterocycles. The molecule has 166 valence electrons. The normalized spacial score (nSPS) is 13.9.